The predicted molar refractivity (Wildman–Crippen MR) is 40.6 cm³/mol. The molecule has 8 heteroatoms. The molecule has 0 unspecified atom stereocenters. The monoisotopic (exact) mass is 200 g/mol. The number of aromatic nitrogens is 4. The van der Waals surface area contributed by atoms with Gasteiger partial charge in [0.05, 0.1) is 6.20 Å². The zero-order chi connectivity index (χ0) is 9.47. The molecule has 0 aliphatic heterocycles. The predicted octanol–water partition coefficient (Wildman–Crippen LogP) is -0.629. The molecule has 0 saturated heterocycles. The van der Waals surface area contributed by atoms with Crippen molar-refractivity contribution in [3.63, 3.8) is 0 Å². The molecule has 7 nitrogen and oxygen atoms in total. The van der Waals surface area contributed by atoms with Gasteiger partial charge in [-0.05, 0) is 0 Å². The minimum absolute atomic E-state index is 0.259. The minimum Gasteiger partial charge on any atom is -0.279 e. The zero-order valence-corrected chi connectivity index (χ0v) is 7.01. The lowest BCUT2D eigenvalue weighted by Crippen LogP contribution is -2.00. The van der Waals surface area contributed by atoms with Gasteiger partial charge in [-0.25, -0.2) is 4.52 Å². The molecule has 0 fully saturated rings. The van der Waals surface area contributed by atoms with Gasteiger partial charge in [-0.15, -0.1) is 5.10 Å². The van der Waals surface area contributed by atoms with Gasteiger partial charge in [0.15, 0.2) is 5.65 Å². The molecule has 1 N–H and O–H groups in total. The molecule has 0 aliphatic carbocycles. The molecule has 2 aromatic rings. The van der Waals surface area contributed by atoms with E-state index in [0.29, 0.717) is 0 Å². The molecule has 2 aromatic heterocycles. The van der Waals surface area contributed by atoms with E-state index in [9.17, 15) is 8.42 Å². The largest absolute Gasteiger partial charge is 0.332 e. The molecular formula is C5H4N4O3S. The fourth-order valence-electron chi connectivity index (χ4n) is 0.833. The first-order chi connectivity index (χ1) is 6.07. The molecule has 0 atom stereocenters. The van der Waals surface area contributed by atoms with E-state index >= 15 is 0 Å². The summed E-state index contributed by atoms with van der Waals surface area (Å²) in [6.45, 7) is 0. The van der Waals surface area contributed by atoms with E-state index in [2.05, 4.69) is 15.1 Å². The van der Waals surface area contributed by atoms with Crippen LogP contribution in [0.3, 0.4) is 0 Å². The Kier molecular flexibility index (Phi) is 1.54. The maximum atomic E-state index is 10.6. The molecule has 0 spiro atoms. The zero-order valence-electron chi connectivity index (χ0n) is 6.19. The lowest BCUT2D eigenvalue weighted by molar-refractivity contribution is 0.474. The number of hydrogen-bond donors (Lipinski definition) is 1. The molecule has 0 aromatic carbocycles. The Morgan fingerprint density at radius 2 is 2.23 bits per heavy atom. The van der Waals surface area contributed by atoms with E-state index in [0.717, 1.165) is 0 Å². The summed E-state index contributed by atoms with van der Waals surface area (Å²) >= 11 is 0. The average molecular weight is 200 g/mol. The van der Waals surface area contributed by atoms with Crippen LogP contribution in [0.2, 0.25) is 0 Å². The molecule has 2 rings (SSSR count). The van der Waals surface area contributed by atoms with Crippen molar-refractivity contribution in [2.45, 2.75) is 5.16 Å². The number of nitrogens with zero attached hydrogens (tertiary/aromatic N) is 4. The van der Waals surface area contributed by atoms with Crippen molar-refractivity contribution in [1.82, 2.24) is 19.6 Å². The Morgan fingerprint density at radius 1 is 1.46 bits per heavy atom. The Morgan fingerprint density at radius 3 is 2.85 bits per heavy atom. The van der Waals surface area contributed by atoms with Gasteiger partial charge in [-0.1, -0.05) is 0 Å². The summed E-state index contributed by atoms with van der Waals surface area (Å²) in [5.41, 5.74) is 0.259. The van der Waals surface area contributed by atoms with Crippen LogP contribution < -0.4 is 0 Å². The maximum Gasteiger partial charge on any atom is 0.332 e. The molecule has 0 aliphatic rings. The average Bonchev–Trinajstić information content (AvgIpc) is 2.45. The van der Waals surface area contributed by atoms with Crippen LogP contribution in [-0.4, -0.2) is 32.6 Å². The first-order valence-electron chi connectivity index (χ1n) is 3.21. The number of fused-ring (bicyclic) bond motifs is 1. The normalized spacial score (nSPS) is 12.1. The third kappa shape index (κ3) is 1.36. The van der Waals surface area contributed by atoms with Crippen molar-refractivity contribution in [3.8, 4) is 0 Å². The highest BCUT2D eigenvalue weighted by molar-refractivity contribution is 7.85. The fourth-order valence-corrected chi connectivity index (χ4v) is 1.23. The summed E-state index contributed by atoms with van der Waals surface area (Å²) in [6.07, 6.45) is 4.19. The molecule has 0 radical (unpaired) electrons. The Bertz CT molecular complexity index is 513. The molecule has 0 saturated carbocycles. The standard InChI is InChI=1S/C5H4N4O3S/c10-13(11,12)5-7-4-3-6-1-2-9(4)8-5/h1-3H,(H,10,11,12). The molecule has 13 heavy (non-hydrogen) atoms. The highest BCUT2D eigenvalue weighted by Crippen LogP contribution is 2.03. The second kappa shape index (κ2) is 2.47. The van der Waals surface area contributed by atoms with Gasteiger partial charge in [0.2, 0.25) is 0 Å². The van der Waals surface area contributed by atoms with Crippen LogP contribution in [0.4, 0.5) is 0 Å². The lowest BCUT2D eigenvalue weighted by Gasteiger charge is -1.84. The quantitative estimate of drug-likeness (QED) is 0.615. The second-order valence-electron chi connectivity index (χ2n) is 2.25. The molecule has 68 valence electrons. The fraction of sp³-hybridized carbons (Fsp3) is 0. The van der Waals surface area contributed by atoms with Gasteiger partial charge in [-0.3, -0.25) is 9.54 Å². The van der Waals surface area contributed by atoms with Crippen molar-refractivity contribution in [2.24, 2.45) is 0 Å². The van der Waals surface area contributed by atoms with E-state index < -0.39 is 15.3 Å². The van der Waals surface area contributed by atoms with Gasteiger partial charge < -0.3 is 0 Å². The minimum atomic E-state index is -4.34. The molecule has 0 amide bonds. The SMILES string of the molecule is O=S(=O)(O)c1nc2cnccn2n1. The van der Waals surface area contributed by atoms with Gasteiger partial charge >= 0.3 is 10.1 Å². The number of rotatable bonds is 1. The lowest BCUT2D eigenvalue weighted by atomic mass is 10.7. The first-order valence-corrected chi connectivity index (χ1v) is 4.65. The van der Waals surface area contributed by atoms with Gasteiger partial charge in [-0.2, -0.15) is 13.4 Å². The molecular weight excluding hydrogens is 196 g/mol. The van der Waals surface area contributed by atoms with Crippen molar-refractivity contribution < 1.29 is 13.0 Å². The topological polar surface area (TPSA) is 97.5 Å². The van der Waals surface area contributed by atoms with Crippen LogP contribution in [0.25, 0.3) is 5.65 Å². The molecule has 0 bridgehead atoms. The number of hydrogen-bond acceptors (Lipinski definition) is 5. The summed E-state index contributed by atoms with van der Waals surface area (Å²) in [5, 5.41) is 2.89. The van der Waals surface area contributed by atoms with E-state index in [1.165, 1.54) is 23.1 Å². The second-order valence-corrected chi connectivity index (χ2v) is 3.56. The van der Waals surface area contributed by atoms with Crippen LogP contribution in [-0.2, 0) is 10.1 Å². The van der Waals surface area contributed by atoms with Crippen LogP contribution in [0.15, 0.2) is 23.7 Å². The Hall–Kier alpha value is -1.54. The van der Waals surface area contributed by atoms with Crippen molar-refractivity contribution >= 4 is 15.8 Å². The van der Waals surface area contributed by atoms with Crippen LogP contribution in [0.1, 0.15) is 0 Å². The van der Waals surface area contributed by atoms with Crippen molar-refractivity contribution in [1.29, 1.82) is 0 Å². The third-order valence-corrected chi connectivity index (χ3v) is 1.99. The maximum absolute atomic E-state index is 10.6. The highest BCUT2D eigenvalue weighted by Gasteiger charge is 2.16. The van der Waals surface area contributed by atoms with Crippen molar-refractivity contribution in [2.75, 3.05) is 0 Å². The van der Waals surface area contributed by atoms with Crippen LogP contribution >= 0.6 is 0 Å². The smallest absolute Gasteiger partial charge is 0.279 e. The summed E-state index contributed by atoms with van der Waals surface area (Å²) in [4.78, 5) is 7.24. The van der Waals surface area contributed by atoms with Gasteiger partial charge in [0, 0.05) is 12.4 Å². The van der Waals surface area contributed by atoms with E-state index in [1.807, 2.05) is 0 Å². The highest BCUT2D eigenvalue weighted by atomic mass is 32.2. The Labute approximate surface area is 72.8 Å². The van der Waals surface area contributed by atoms with E-state index in [-0.39, 0.29) is 5.65 Å². The van der Waals surface area contributed by atoms with E-state index in [4.69, 9.17) is 4.55 Å². The van der Waals surface area contributed by atoms with Gasteiger partial charge in [0.25, 0.3) is 5.16 Å². The third-order valence-electron chi connectivity index (χ3n) is 1.35. The van der Waals surface area contributed by atoms with Crippen LogP contribution in [0, 0.1) is 0 Å². The van der Waals surface area contributed by atoms with Gasteiger partial charge in [0.1, 0.15) is 0 Å². The van der Waals surface area contributed by atoms with E-state index in [1.54, 1.807) is 0 Å². The Balaban J connectivity index is 2.77. The van der Waals surface area contributed by atoms with Crippen molar-refractivity contribution in [3.05, 3.63) is 18.6 Å². The summed E-state index contributed by atoms with van der Waals surface area (Å²) in [6, 6.07) is 0. The summed E-state index contributed by atoms with van der Waals surface area (Å²) in [7, 11) is -4.34. The van der Waals surface area contributed by atoms with Crippen LogP contribution in [0.5, 0.6) is 0 Å². The first kappa shape index (κ1) is 8.08. The molecule has 2 heterocycles. The summed E-state index contributed by atoms with van der Waals surface area (Å²) < 4.78 is 31.0. The summed E-state index contributed by atoms with van der Waals surface area (Å²) in [5.74, 6) is 0.